The molecule has 54 heavy (non-hydrogen) atoms. The maximum atomic E-state index is 5.32. The van der Waals surface area contributed by atoms with Crippen molar-refractivity contribution in [3.63, 3.8) is 0 Å². The van der Waals surface area contributed by atoms with E-state index in [-0.39, 0.29) is 0 Å². The SMILES string of the molecule is c1ccc(-c2nc3ccccc3nc2-c2cc(-c3nc4ccccc4nc3-c3ccccc3)cc(-c3nc4ccccc4nc3-c3ccccc3)c2)cc1. The molecule has 0 saturated heterocycles. The molecule has 10 aromatic rings. The average Bonchev–Trinajstić information content (AvgIpc) is 3.25. The van der Waals surface area contributed by atoms with Gasteiger partial charge in [-0.2, -0.15) is 0 Å². The van der Waals surface area contributed by atoms with Crippen LogP contribution in [-0.2, 0) is 0 Å². The third kappa shape index (κ3) is 5.72. The third-order valence-corrected chi connectivity index (χ3v) is 9.61. The molecule has 10 rings (SSSR count). The smallest absolute Gasteiger partial charge is 0.0973 e. The fraction of sp³-hybridized carbons (Fsp3) is 0. The van der Waals surface area contributed by atoms with Crippen LogP contribution in [0.5, 0.6) is 0 Å². The summed E-state index contributed by atoms with van der Waals surface area (Å²) >= 11 is 0. The van der Waals surface area contributed by atoms with Gasteiger partial charge in [0.25, 0.3) is 0 Å². The molecule has 0 bridgehead atoms. The first-order chi connectivity index (χ1) is 26.7. The Kier molecular flexibility index (Phi) is 7.69. The molecule has 3 heterocycles. The van der Waals surface area contributed by atoms with Crippen LogP contribution < -0.4 is 0 Å². The topological polar surface area (TPSA) is 77.3 Å². The molecule has 7 aromatic carbocycles. The second-order valence-electron chi connectivity index (χ2n) is 13.1. The Morgan fingerprint density at radius 3 is 0.593 bits per heavy atom. The molecule has 0 atom stereocenters. The molecule has 252 valence electrons. The first-order valence-corrected chi connectivity index (χ1v) is 17.9. The van der Waals surface area contributed by atoms with Crippen LogP contribution in [0.15, 0.2) is 182 Å². The number of aromatic nitrogens is 6. The van der Waals surface area contributed by atoms with E-state index in [0.717, 1.165) is 101 Å². The molecular formula is C48H30N6. The van der Waals surface area contributed by atoms with Crippen LogP contribution in [-0.4, -0.2) is 29.9 Å². The van der Waals surface area contributed by atoms with Crippen molar-refractivity contribution in [3.05, 3.63) is 182 Å². The highest BCUT2D eigenvalue weighted by Crippen LogP contribution is 2.41. The van der Waals surface area contributed by atoms with Gasteiger partial charge in [-0.15, -0.1) is 0 Å². The van der Waals surface area contributed by atoms with Crippen LogP contribution in [0, 0.1) is 0 Å². The predicted molar refractivity (Wildman–Crippen MR) is 218 cm³/mol. The zero-order valence-electron chi connectivity index (χ0n) is 29.0. The first-order valence-electron chi connectivity index (χ1n) is 17.9. The van der Waals surface area contributed by atoms with Crippen LogP contribution >= 0.6 is 0 Å². The average molecular weight is 691 g/mol. The lowest BCUT2D eigenvalue weighted by molar-refractivity contribution is 1.27. The van der Waals surface area contributed by atoms with Gasteiger partial charge in [0.1, 0.15) is 0 Å². The number of fused-ring (bicyclic) bond motifs is 3. The highest BCUT2D eigenvalue weighted by Gasteiger charge is 2.21. The van der Waals surface area contributed by atoms with Crippen molar-refractivity contribution in [2.45, 2.75) is 0 Å². The van der Waals surface area contributed by atoms with E-state index in [1.165, 1.54) is 0 Å². The van der Waals surface area contributed by atoms with Crippen molar-refractivity contribution < 1.29 is 0 Å². The Hall–Kier alpha value is -7.44. The minimum absolute atomic E-state index is 0.757. The highest BCUT2D eigenvalue weighted by molar-refractivity contribution is 5.94. The van der Waals surface area contributed by atoms with Crippen LogP contribution in [0.25, 0.3) is 101 Å². The van der Waals surface area contributed by atoms with Crippen molar-refractivity contribution in [2.75, 3.05) is 0 Å². The van der Waals surface area contributed by atoms with E-state index in [4.69, 9.17) is 29.9 Å². The summed E-state index contributed by atoms with van der Waals surface area (Å²) in [6.45, 7) is 0. The van der Waals surface area contributed by atoms with Gasteiger partial charge in [-0.25, -0.2) is 29.9 Å². The predicted octanol–water partition coefficient (Wildman–Crippen LogP) is 11.5. The van der Waals surface area contributed by atoms with E-state index in [9.17, 15) is 0 Å². The van der Waals surface area contributed by atoms with Gasteiger partial charge in [-0.1, -0.05) is 127 Å². The minimum Gasteiger partial charge on any atom is -0.244 e. The highest BCUT2D eigenvalue weighted by atomic mass is 14.9. The van der Waals surface area contributed by atoms with E-state index in [2.05, 4.69) is 54.6 Å². The second kappa shape index (κ2) is 13.3. The molecule has 6 nitrogen and oxygen atoms in total. The van der Waals surface area contributed by atoms with Crippen molar-refractivity contribution in [1.82, 2.24) is 29.9 Å². The maximum absolute atomic E-state index is 5.32. The number of rotatable bonds is 6. The van der Waals surface area contributed by atoms with Crippen molar-refractivity contribution >= 4 is 33.1 Å². The van der Waals surface area contributed by atoms with Crippen molar-refractivity contribution in [1.29, 1.82) is 0 Å². The van der Waals surface area contributed by atoms with E-state index < -0.39 is 0 Å². The third-order valence-electron chi connectivity index (χ3n) is 9.61. The molecular weight excluding hydrogens is 661 g/mol. The molecule has 0 radical (unpaired) electrons. The van der Waals surface area contributed by atoms with Crippen LogP contribution in [0.2, 0.25) is 0 Å². The Balaban J connectivity index is 1.32. The lowest BCUT2D eigenvalue weighted by Crippen LogP contribution is -2.00. The molecule has 0 unspecified atom stereocenters. The van der Waals surface area contributed by atoms with Crippen molar-refractivity contribution in [2.24, 2.45) is 0 Å². The number of hydrogen-bond donors (Lipinski definition) is 0. The lowest BCUT2D eigenvalue weighted by Gasteiger charge is -2.17. The van der Waals surface area contributed by atoms with E-state index >= 15 is 0 Å². The van der Waals surface area contributed by atoms with Gasteiger partial charge in [0.2, 0.25) is 0 Å². The number of para-hydroxylation sites is 6. The lowest BCUT2D eigenvalue weighted by atomic mass is 9.93. The summed E-state index contributed by atoms with van der Waals surface area (Å²) < 4.78 is 0. The molecule has 0 aliphatic rings. The largest absolute Gasteiger partial charge is 0.244 e. The zero-order chi connectivity index (χ0) is 35.8. The normalized spacial score (nSPS) is 11.3. The van der Waals surface area contributed by atoms with E-state index in [1.54, 1.807) is 0 Å². The first kappa shape index (κ1) is 31.3. The van der Waals surface area contributed by atoms with Crippen molar-refractivity contribution in [3.8, 4) is 67.5 Å². The van der Waals surface area contributed by atoms with Gasteiger partial charge in [0.05, 0.1) is 67.3 Å². The van der Waals surface area contributed by atoms with Crippen LogP contribution in [0.1, 0.15) is 0 Å². The van der Waals surface area contributed by atoms with Gasteiger partial charge in [0, 0.05) is 33.4 Å². The summed E-state index contributed by atoms with van der Waals surface area (Å²) in [4.78, 5) is 31.6. The monoisotopic (exact) mass is 690 g/mol. The van der Waals surface area contributed by atoms with Gasteiger partial charge in [-0.05, 0) is 54.6 Å². The summed E-state index contributed by atoms with van der Waals surface area (Å²) in [6, 6.07) is 61.3. The Labute approximate surface area is 311 Å². The van der Waals surface area contributed by atoms with Gasteiger partial charge >= 0.3 is 0 Å². The minimum atomic E-state index is 0.757. The van der Waals surface area contributed by atoms with Gasteiger partial charge in [-0.3, -0.25) is 0 Å². The van der Waals surface area contributed by atoms with E-state index in [0.29, 0.717) is 0 Å². The molecule has 0 N–H and O–H groups in total. The number of nitrogens with zero attached hydrogens (tertiary/aromatic N) is 6. The quantitative estimate of drug-likeness (QED) is 0.173. The summed E-state index contributed by atoms with van der Waals surface area (Å²) in [7, 11) is 0. The molecule has 0 aliphatic heterocycles. The zero-order valence-corrected chi connectivity index (χ0v) is 29.0. The fourth-order valence-electron chi connectivity index (χ4n) is 7.03. The maximum Gasteiger partial charge on any atom is 0.0973 e. The number of hydrogen-bond acceptors (Lipinski definition) is 6. The Morgan fingerprint density at radius 2 is 0.370 bits per heavy atom. The summed E-state index contributed by atoms with van der Waals surface area (Å²) in [5.41, 5.74) is 15.1. The molecule has 6 heteroatoms. The Bertz CT molecular complexity index is 2650. The van der Waals surface area contributed by atoms with Gasteiger partial charge in [0.15, 0.2) is 0 Å². The fourth-order valence-corrected chi connectivity index (χ4v) is 7.03. The molecule has 0 aliphatic carbocycles. The number of benzene rings is 7. The van der Waals surface area contributed by atoms with Crippen LogP contribution in [0.3, 0.4) is 0 Å². The molecule has 0 spiro atoms. The van der Waals surface area contributed by atoms with E-state index in [1.807, 2.05) is 127 Å². The van der Waals surface area contributed by atoms with Gasteiger partial charge < -0.3 is 0 Å². The Morgan fingerprint density at radius 1 is 0.185 bits per heavy atom. The summed E-state index contributed by atoms with van der Waals surface area (Å²) in [5.74, 6) is 0. The second-order valence-corrected chi connectivity index (χ2v) is 13.1. The van der Waals surface area contributed by atoms with Crippen LogP contribution in [0.4, 0.5) is 0 Å². The molecule has 0 saturated carbocycles. The summed E-state index contributed by atoms with van der Waals surface area (Å²) in [6.07, 6.45) is 0. The molecule has 0 amide bonds. The standard InChI is InChI=1S/C48H30N6/c1-4-16-31(17-5-1)43-46(52-40-25-13-10-22-37(40)49-43)34-28-35(47-44(32-18-6-2-7-19-32)50-38-23-11-14-26-41(38)53-47)30-36(29-34)48-45(33-20-8-3-9-21-33)51-39-24-12-15-27-42(39)54-48/h1-30H. The molecule has 0 fully saturated rings. The molecule has 3 aromatic heterocycles. The summed E-state index contributed by atoms with van der Waals surface area (Å²) in [5, 5.41) is 0.